The zero-order valence-electron chi connectivity index (χ0n) is 14.1. The van der Waals surface area contributed by atoms with Crippen LogP contribution in [0.4, 0.5) is 13.2 Å². The number of nitrogens with one attached hydrogen (secondary N) is 1. The van der Waals surface area contributed by atoms with Gasteiger partial charge in [0, 0.05) is 19.0 Å². The van der Waals surface area contributed by atoms with Gasteiger partial charge >= 0.3 is 12.1 Å². The molecule has 146 valence electrons. The Morgan fingerprint density at radius 3 is 2.46 bits per heavy atom. The molecule has 1 aliphatic heterocycles. The number of likely N-dealkylation sites (tertiary alicyclic amines) is 1. The molecule has 0 unspecified atom stereocenters. The number of carbonyl (C=O) groups excluding carboxylic acids is 2. The maximum absolute atomic E-state index is 12.2. The fraction of sp³-hybridized carbons (Fsp3) is 0.733. The molecule has 26 heavy (non-hydrogen) atoms. The van der Waals surface area contributed by atoms with Crippen molar-refractivity contribution in [3.05, 3.63) is 0 Å². The molecule has 4 atom stereocenters. The van der Waals surface area contributed by atoms with Crippen LogP contribution in [-0.2, 0) is 14.4 Å². The molecule has 0 aromatic heterocycles. The summed E-state index contributed by atoms with van der Waals surface area (Å²) in [5.41, 5.74) is 5.96. The van der Waals surface area contributed by atoms with Crippen molar-refractivity contribution in [3.63, 3.8) is 0 Å². The fourth-order valence-corrected chi connectivity index (χ4v) is 2.76. The third-order valence-corrected chi connectivity index (χ3v) is 4.20. The van der Waals surface area contributed by atoms with Crippen molar-refractivity contribution in [2.24, 2.45) is 17.6 Å². The van der Waals surface area contributed by atoms with Gasteiger partial charge < -0.3 is 21.1 Å². The van der Waals surface area contributed by atoms with Gasteiger partial charge in [0.2, 0.25) is 11.8 Å². The molecule has 0 bridgehead atoms. The molecule has 1 saturated heterocycles. The van der Waals surface area contributed by atoms with E-state index in [1.54, 1.807) is 4.90 Å². The predicted molar refractivity (Wildman–Crippen MR) is 82.3 cm³/mol. The number of nitriles is 1. The molecule has 11 heteroatoms. The number of carboxylic acids is 1. The van der Waals surface area contributed by atoms with Crippen LogP contribution in [0.3, 0.4) is 0 Å². The van der Waals surface area contributed by atoms with Crippen molar-refractivity contribution in [1.29, 1.82) is 5.26 Å². The first kappa shape index (κ1) is 21.7. The van der Waals surface area contributed by atoms with Gasteiger partial charge in [0.05, 0.1) is 12.1 Å². The third kappa shape index (κ3) is 5.59. The Labute approximate surface area is 148 Å². The van der Waals surface area contributed by atoms with Crippen molar-refractivity contribution in [1.82, 2.24) is 10.2 Å². The number of rotatable bonds is 4. The summed E-state index contributed by atoms with van der Waals surface area (Å²) in [4.78, 5) is 34.3. The topological polar surface area (TPSA) is 137 Å². The maximum Gasteiger partial charge on any atom is 0.490 e. The lowest BCUT2D eigenvalue weighted by Crippen LogP contribution is -2.47. The molecule has 1 aliphatic carbocycles. The summed E-state index contributed by atoms with van der Waals surface area (Å²) in [5, 5.41) is 18.9. The Bertz CT molecular complexity index is 590. The van der Waals surface area contributed by atoms with Crippen LogP contribution in [0.5, 0.6) is 0 Å². The van der Waals surface area contributed by atoms with E-state index in [1.807, 2.05) is 6.92 Å². The van der Waals surface area contributed by atoms with Crippen molar-refractivity contribution in [2.45, 2.75) is 44.4 Å². The molecular formula is C15H21F3N4O4. The summed E-state index contributed by atoms with van der Waals surface area (Å²) in [5.74, 6) is -3.16. The smallest absolute Gasteiger partial charge is 0.475 e. The number of aliphatic carboxylic acids is 1. The Hall–Kier alpha value is -2.35. The molecule has 2 fully saturated rings. The minimum atomic E-state index is -5.08. The molecule has 2 rings (SSSR count). The molecular weight excluding hydrogens is 357 g/mol. The summed E-state index contributed by atoms with van der Waals surface area (Å²) in [6.45, 7) is 3.05. The van der Waals surface area contributed by atoms with Gasteiger partial charge in [0.25, 0.3) is 0 Å². The largest absolute Gasteiger partial charge is 0.490 e. The van der Waals surface area contributed by atoms with E-state index in [9.17, 15) is 22.8 Å². The zero-order chi connectivity index (χ0) is 20.1. The van der Waals surface area contributed by atoms with Gasteiger partial charge in [-0.05, 0) is 32.1 Å². The number of carbonyl (C=O) groups is 3. The number of hydrogen-bond donors (Lipinski definition) is 3. The van der Waals surface area contributed by atoms with Gasteiger partial charge in [-0.25, -0.2) is 4.79 Å². The standard InChI is InChI=1S/C13H20N4O2.C2HF3O2/c1-2-16-12(18)10-6-9(10)11(15)13(19)17-5-3-4-8(17)7-14;3-2(4,5)1(6)7/h8-11H,2-6,15H2,1H3,(H,16,18);(H,6,7)/t8-,9+,10-,11-;/m0./s1. The van der Waals surface area contributed by atoms with E-state index in [-0.39, 0.29) is 29.7 Å². The third-order valence-electron chi connectivity index (χ3n) is 4.20. The highest BCUT2D eigenvalue weighted by molar-refractivity contribution is 5.87. The van der Waals surface area contributed by atoms with Crippen LogP contribution in [-0.4, -0.2) is 59.1 Å². The van der Waals surface area contributed by atoms with Gasteiger partial charge in [0.1, 0.15) is 6.04 Å². The Morgan fingerprint density at radius 2 is 2.00 bits per heavy atom. The number of halogens is 3. The van der Waals surface area contributed by atoms with Crippen LogP contribution < -0.4 is 11.1 Å². The highest BCUT2D eigenvalue weighted by Gasteiger charge is 2.50. The first-order valence-corrected chi connectivity index (χ1v) is 8.08. The van der Waals surface area contributed by atoms with Crippen LogP contribution in [0.15, 0.2) is 0 Å². The van der Waals surface area contributed by atoms with Gasteiger partial charge in [-0.3, -0.25) is 9.59 Å². The van der Waals surface area contributed by atoms with E-state index in [0.29, 0.717) is 19.5 Å². The molecule has 1 heterocycles. The number of nitrogens with two attached hydrogens (primary N) is 1. The van der Waals surface area contributed by atoms with Crippen molar-refractivity contribution >= 4 is 17.8 Å². The van der Waals surface area contributed by atoms with Gasteiger partial charge in [0.15, 0.2) is 0 Å². The van der Waals surface area contributed by atoms with Crippen LogP contribution in [0.1, 0.15) is 26.2 Å². The SMILES string of the molecule is CCNC(=O)[C@H]1C[C@H]1[C@H](N)C(=O)N1CCC[C@H]1C#N.O=C(O)C(F)(F)F. The Kier molecular flexibility index (Phi) is 7.38. The first-order valence-electron chi connectivity index (χ1n) is 8.08. The molecule has 8 nitrogen and oxygen atoms in total. The normalized spacial score (nSPS) is 25.4. The second-order valence-electron chi connectivity index (χ2n) is 6.05. The molecule has 4 N–H and O–H groups in total. The van der Waals surface area contributed by atoms with E-state index in [4.69, 9.17) is 20.9 Å². The number of hydrogen-bond acceptors (Lipinski definition) is 5. The molecule has 1 saturated carbocycles. The summed E-state index contributed by atoms with van der Waals surface area (Å²) in [6.07, 6.45) is -2.84. The number of amides is 2. The average Bonchev–Trinajstić information content (AvgIpc) is 3.22. The second kappa shape index (κ2) is 8.84. The Morgan fingerprint density at radius 1 is 1.42 bits per heavy atom. The highest BCUT2D eigenvalue weighted by Crippen LogP contribution is 2.41. The van der Waals surface area contributed by atoms with E-state index in [0.717, 1.165) is 12.8 Å². The Balaban J connectivity index is 0.000000412. The lowest BCUT2D eigenvalue weighted by Gasteiger charge is -2.23. The summed E-state index contributed by atoms with van der Waals surface area (Å²) >= 11 is 0. The van der Waals surface area contributed by atoms with Crippen molar-refractivity contribution in [2.75, 3.05) is 13.1 Å². The summed E-state index contributed by atoms with van der Waals surface area (Å²) < 4.78 is 31.7. The second-order valence-corrected chi connectivity index (χ2v) is 6.05. The number of carboxylic acid groups (broad SMARTS) is 1. The quantitative estimate of drug-likeness (QED) is 0.641. The van der Waals surface area contributed by atoms with Crippen LogP contribution >= 0.6 is 0 Å². The van der Waals surface area contributed by atoms with Crippen LogP contribution in [0.2, 0.25) is 0 Å². The summed E-state index contributed by atoms with van der Waals surface area (Å²) in [6, 6.07) is 1.14. The zero-order valence-corrected chi connectivity index (χ0v) is 14.1. The van der Waals surface area contributed by atoms with Gasteiger partial charge in [-0.2, -0.15) is 18.4 Å². The van der Waals surface area contributed by atoms with E-state index >= 15 is 0 Å². The molecule has 0 spiro atoms. The van der Waals surface area contributed by atoms with Crippen molar-refractivity contribution < 1.29 is 32.7 Å². The van der Waals surface area contributed by atoms with Crippen molar-refractivity contribution in [3.8, 4) is 6.07 Å². The fourth-order valence-electron chi connectivity index (χ4n) is 2.76. The number of nitrogens with zero attached hydrogens (tertiary/aromatic N) is 2. The van der Waals surface area contributed by atoms with E-state index in [1.165, 1.54) is 0 Å². The first-order chi connectivity index (χ1) is 12.0. The average molecular weight is 378 g/mol. The van der Waals surface area contributed by atoms with Gasteiger partial charge in [-0.15, -0.1) is 0 Å². The number of alkyl halides is 3. The van der Waals surface area contributed by atoms with E-state index in [2.05, 4.69) is 11.4 Å². The lowest BCUT2D eigenvalue weighted by atomic mass is 10.1. The maximum atomic E-state index is 12.2. The van der Waals surface area contributed by atoms with Crippen LogP contribution in [0.25, 0.3) is 0 Å². The molecule has 0 aromatic carbocycles. The highest BCUT2D eigenvalue weighted by atomic mass is 19.4. The summed E-state index contributed by atoms with van der Waals surface area (Å²) in [7, 11) is 0. The van der Waals surface area contributed by atoms with Gasteiger partial charge in [-0.1, -0.05) is 0 Å². The lowest BCUT2D eigenvalue weighted by molar-refractivity contribution is -0.192. The monoisotopic (exact) mass is 378 g/mol. The predicted octanol–water partition coefficient (Wildman–Crippen LogP) is 0.234. The molecule has 2 aliphatic rings. The molecule has 2 amide bonds. The van der Waals surface area contributed by atoms with E-state index < -0.39 is 18.2 Å². The molecule has 0 aromatic rings. The van der Waals surface area contributed by atoms with Crippen LogP contribution in [0, 0.1) is 23.2 Å². The minimum Gasteiger partial charge on any atom is -0.475 e. The molecule has 0 radical (unpaired) electrons. The minimum absolute atomic E-state index is 0.0194.